The minimum atomic E-state index is -0.954. The molecule has 1 aliphatic rings. The van der Waals surface area contributed by atoms with E-state index in [1.54, 1.807) is 6.92 Å². The first-order valence-corrected chi connectivity index (χ1v) is 4.34. The van der Waals surface area contributed by atoms with E-state index in [0.717, 1.165) is 0 Å². The molecule has 1 heterocycles. The number of likely N-dealkylation sites (tertiary alicyclic amines) is 1. The molecular weight excluding hydrogens is 172 g/mol. The molecule has 0 aromatic heterocycles. The van der Waals surface area contributed by atoms with Gasteiger partial charge in [0.1, 0.15) is 6.04 Å². The predicted molar refractivity (Wildman–Crippen MR) is 46.0 cm³/mol. The minimum Gasteiger partial charge on any atom is -0.480 e. The summed E-state index contributed by atoms with van der Waals surface area (Å²) in [6.45, 7) is 2.11. The maximum Gasteiger partial charge on any atom is 0.326 e. The van der Waals surface area contributed by atoms with E-state index in [1.165, 1.54) is 4.90 Å². The smallest absolute Gasteiger partial charge is 0.326 e. The zero-order valence-electron chi connectivity index (χ0n) is 7.56. The molecule has 0 aliphatic carbocycles. The number of hydrogen-bond acceptors (Lipinski definition) is 3. The van der Waals surface area contributed by atoms with Crippen LogP contribution in [0.25, 0.3) is 0 Å². The summed E-state index contributed by atoms with van der Waals surface area (Å²) in [6.07, 6.45) is 0.692. The normalized spacial score (nSPS) is 24.9. The van der Waals surface area contributed by atoms with E-state index in [-0.39, 0.29) is 18.4 Å². The Morgan fingerprint density at radius 3 is 2.77 bits per heavy atom. The fourth-order valence-electron chi connectivity index (χ4n) is 1.59. The topological polar surface area (TPSA) is 83.6 Å². The molecule has 1 rings (SSSR count). The lowest BCUT2D eigenvalue weighted by Gasteiger charge is -2.22. The highest BCUT2D eigenvalue weighted by molar-refractivity contribution is 5.85. The zero-order valence-corrected chi connectivity index (χ0v) is 7.56. The van der Waals surface area contributed by atoms with Gasteiger partial charge in [-0.3, -0.25) is 4.79 Å². The van der Waals surface area contributed by atoms with E-state index in [4.69, 9.17) is 10.8 Å². The average molecular weight is 186 g/mol. The van der Waals surface area contributed by atoms with Gasteiger partial charge in [0.2, 0.25) is 5.91 Å². The monoisotopic (exact) mass is 186 g/mol. The van der Waals surface area contributed by atoms with Gasteiger partial charge in [0.05, 0.1) is 0 Å². The highest BCUT2D eigenvalue weighted by Crippen LogP contribution is 2.15. The van der Waals surface area contributed by atoms with Crippen molar-refractivity contribution in [3.8, 4) is 0 Å². The molecule has 2 atom stereocenters. The van der Waals surface area contributed by atoms with Crippen LogP contribution < -0.4 is 5.73 Å². The van der Waals surface area contributed by atoms with Crippen LogP contribution in [0.1, 0.15) is 19.8 Å². The third kappa shape index (κ3) is 1.98. The number of carbonyl (C=O) groups excluding carboxylic acids is 1. The molecule has 1 unspecified atom stereocenters. The van der Waals surface area contributed by atoms with Crippen LogP contribution in [-0.4, -0.2) is 40.5 Å². The molecule has 1 amide bonds. The first-order chi connectivity index (χ1) is 6.06. The number of nitrogens with two attached hydrogens (primary N) is 1. The van der Waals surface area contributed by atoms with Gasteiger partial charge in [0.15, 0.2) is 0 Å². The van der Waals surface area contributed by atoms with Crippen LogP contribution in [0, 0.1) is 0 Å². The van der Waals surface area contributed by atoms with Gasteiger partial charge in [-0.05, 0) is 6.42 Å². The Kier molecular flexibility index (Phi) is 2.87. The van der Waals surface area contributed by atoms with Crippen LogP contribution >= 0.6 is 0 Å². The molecule has 0 bridgehead atoms. The molecule has 1 aliphatic heterocycles. The summed E-state index contributed by atoms with van der Waals surface area (Å²) in [7, 11) is 0. The molecule has 3 N–H and O–H groups in total. The quantitative estimate of drug-likeness (QED) is 0.617. The molecule has 5 nitrogen and oxygen atoms in total. The molecule has 0 aromatic rings. The minimum absolute atomic E-state index is 0.151. The van der Waals surface area contributed by atoms with Crippen molar-refractivity contribution in [1.29, 1.82) is 0 Å². The van der Waals surface area contributed by atoms with Crippen LogP contribution in [0.3, 0.4) is 0 Å². The average Bonchev–Trinajstić information content (AvgIpc) is 2.31. The summed E-state index contributed by atoms with van der Waals surface area (Å²) in [5, 5.41) is 8.80. The Morgan fingerprint density at radius 1 is 1.85 bits per heavy atom. The first kappa shape index (κ1) is 9.98. The summed E-state index contributed by atoms with van der Waals surface area (Å²) >= 11 is 0. The molecule has 13 heavy (non-hydrogen) atoms. The number of carboxylic acid groups (broad SMARTS) is 1. The summed E-state index contributed by atoms with van der Waals surface area (Å²) in [5.74, 6) is -1.10. The van der Waals surface area contributed by atoms with E-state index in [0.29, 0.717) is 13.0 Å². The number of rotatable bonds is 3. The Morgan fingerprint density at radius 2 is 2.46 bits per heavy atom. The van der Waals surface area contributed by atoms with Crippen molar-refractivity contribution in [2.45, 2.75) is 31.8 Å². The summed E-state index contributed by atoms with van der Waals surface area (Å²) in [5.41, 5.74) is 5.55. The Bertz CT molecular complexity index is 229. The highest BCUT2D eigenvalue weighted by atomic mass is 16.4. The van der Waals surface area contributed by atoms with Crippen molar-refractivity contribution in [3.05, 3.63) is 0 Å². The van der Waals surface area contributed by atoms with Crippen molar-refractivity contribution in [1.82, 2.24) is 4.90 Å². The molecule has 5 heteroatoms. The zero-order chi connectivity index (χ0) is 10.0. The van der Waals surface area contributed by atoms with Gasteiger partial charge < -0.3 is 15.7 Å². The number of amides is 1. The van der Waals surface area contributed by atoms with Crippen molar-refractivity contribution < 1.29 is 14.7 Å². The van der Waals surface area contributed by atoms with Crippen LogP contribution in [0.2, 0.25) is 0 Å². The van der Waals surface area contributed by atoms with Crippen molar-refractivity contribution >= 4 is 11.9 Å². The van der Waals surface area contributed by atoms with Crippen molar-refractivity contribution in [3.63, 3.8) is 0 Å². The molecule has 0 saturated carbocycles. The molecular formula is C8H14N2O3. The number of carboxylic acids is 1. The van der Waals surface area contributed by atoms with E-state index < -0.39 is 12.0 Å². The second-order valence-corrected chi connectivity index (χ2v) is 3.27. The van der Waals surface area contributed by atoms with Crippen molar-refractivity contribution in [2.24, 2.45) is 5.73 Å². The second-order valence-electron chi connectivity index (χ2n) is 3.27. The van der Waals surface area contributed by atoms with Gasteiger partial charge in [0, 0.05) is 19.0 Å². The van der Waals surface area contributed by atoms with Gasteiger partial charge in [-0.25, -0.2) is 4.79 Å². The van der Waals surface area contributed by atoms with E-state index in [1.807, 2.05) is 0 Å². The summed E-state index contributed by atoms with van der Waals surface area (Å²) in [6, 6.07) is -0.915. The maximum atomic E-state index is 11.3. The Hall–Kier alpha value is -1.10. The van der Waals surface area contributed by atoms with E-state index in [2.05, 4.69) is 0 Å². The van der Waals surface area contributed by atoms with Gasteiger partial charge in [-0.15, -0.1) is 0 Å². The van der Waals surface area contributed by atoms with Gasteiger partial charge >= 0.3 is 5.97 Å². The highest BCUT2D eigenvalue weighted by Gasteiger charge is 2.34. The second kappa shape index (κ2) is 3.74. The molecule has 0 radical (unpaired) electrons. The lowest BCUT2D eigenvalue weighted by molar-refractivity contribution is -0.148. The standard InChI is InChI=1S/C8H14N2O3/c1-2-6(8(12)13)10-4-5(9)3-7(10)11/h5-6H,2-4,9H2,1H3,(H,12,13)/t5?,6-/m0/s1. The lowest BCUT2D eigenvalue weighted by Crippen LogP contribution is -2.42. The lowest BCUT2D eigenvalue weighted by atomic mass is 10.2. The third-order valence-electron chi connectivity index (χ3n) is 2.24. The SMILES string of the molecule is CC[C@@H](C(=O)O)N1CC(N)CC1=O. The largest absolute Gasteiger partial charge is 0.480 e. The number of hydrogen-bond donors (Lipinski definition) is 2. The van der Waals surface area contributed by atoms with Crippen LogP contribution in [-0.2, 0) is 9.59 Å². The van der Waals surface area contributed by atoms with E-state index >= 15 is 0 Å². The fraction of sp³-hybridized carbons (Fsp3) is 0.750. The predicted octanol–water partition coefficient (Wildman–Crippen LogP) is -0.591. The summed E-state index contributed by atoms with van der Waals surface area (Å²) < 4.78 is 0. The Balaban J connectivity index is 2.69. The van der Waals surface area contributed by atoms with Crippen LogP contribution in [0.15, 0.2) is 0 Å². The first-order valence-electron chi connectivity index (χ1n) is 4.34. The number of nitrogens with zero attached hydrogens (tertiary/aromatic N) is 1. The fourth-order valence-corrected chi connectivity index (χ4v) is 1.59. The molecule has 74 valence electrons. The number of carbonyl (C=O) groups is 2. The van der Waals surface area contributed by atoms with Gasteiger partial charge in [-0.2, -0.15) is 0 Å². The molecule has 0 aromatic carbocycles. The summed E-state index contributed by atoms with van der Waals surface area (Å²) in [4.78, 5) is 23.4. The van der Waals surface area contributed by atoms with Crippen LogP contribution in [0.5, 0.6) is 0 Å². The van der Waals surface area contributed by atoms with Crippen molar-refractivity contribution in [2.75, 3.05) is 6.54 Å². The van der Waals surface area contributed by atoms with E-state index in [9.17, 15) is 9.59 Å². The van der Waals surface area contributed by atoms with Gasteiger partial charge in [-0.1, -0.05) is 6.92 Å². The van der Waals surface area contributed by atoms with Crippen LogP contribution in [0.4, 0.5) is 0 Å². The Labute approximate surface area is 76.5 Å². The van der Waals surface area contributed by atoms with Gasteiger partial charge in [0.25, 0.3) is 0 Å². The maximum absolute atomic E-state index is 11.3. The third-order valence-corrected chi connectivity index (χ3v) is 2.24. The number of aliphatic carboxylic acids is 1. The molecule has 1 saturated heterocycles. The molecule has 1 fully saturated rings. The molecule has 0 spiro atoms.